The molecule has 1 aliphatic rings. The predicted molar refractivity (Wildman–Crippen MR) is 66.7 cm³/mol. The maximum absolute atomic E-state index is 12.0. The van der Waals surface area contributed by atoms with Crippen molar-refractivity contribution in [3.05, 3.63) is 18.0 Å². The van der Waals surface area contributed by atoms with Gasteiger partial charge in [-0.15, -0.1) is 0 Å². The summed E-state index contributed by atoms with van der Waals surface area (Å²) in [5.74, 6) is -0.211. The molecule has 18 heavy (non-hydrogen) atoms. The first kappa shape index (κ1) is 13.1. The first-order chi connectivity index (χ1) is 8.30. The van der Waals surface area contributed by atoms with E-state index in [0.29, 0.717) is 5.69 Å². The van der Waals surface area contributed by atoms with Gasteiger partial charge in [-0.25, -0.2) is 13.6 Å². The van der Waals surface area contributed by atoms with Gasteiger partial charge in [0.05, 0.1) is 0 Å². The summed E-state index contributed by atoms with van der Waals surface area (Å²) in [4.78, 5) is 13.4. The summed E-state index contributed by atoms with van der Waals surface area (Å²) >= 11 is 0. The summed E-state index contributed by atoms with van der Waals surface area (Å²) in [6.45, 7) is 0. The highest BCUT2D eigenvalue weighted by molar-refractivity contribution is 7.89. The van der Waals surface area contributed by atoms with Crippen LogP contribution < -0.4 is 5.14 Å². The van der Waals surface area contributed by atoms with Crippen LogP contribution in [0.3, 0.4) is 0 Å². The van der Waals surface area contributed by atoms with Gasteiger partial charge in [-0.1, -0.05) is 0 Å². The molecule has 0 unspecified atom stereocenters. The highest BCUT2D eigenvalue weighted by atomic mass is 32.2. The molecule has 1 saturated carbocycles. The second kappa shape index (κ2) is 4.40. The first-order valence-corrected chi connectivity index (χ1v) is 7.31. The molecule has 2 rings (SSSR count). The third-order valence-electron chi connectivity index (χ3n) is 3.25. The van der Waals surface area contributed by atoms with E-state index in [1.165, 1.54) is 17.2 Å². The molecule has 1 amide bonds. The third kappa shape index (κ3) is 2.28. The second-order valence-electron chi connectivity index (χ2n) is 4.80. The Morgan fingerprint density at radius 3 is 2.44 bits per heavy atom. The zero-order valence-electron chi connectivity index (χ0n) is 10.5. The smallest absolute Gasteiger partial charge is 0.270 e. The molecule has 1 fully saturated rings. The zero-order chi connectivity index (χ0) is 13.5. The number of carbonyl (C=O) groups is 1. The average molecular weight is 271 g/mol. The van der Waals surface area contributed by atoms with Crippen LogP contribution in [0.15, 0.2) is 17.2 Å². The number of hydrogen-bond acceptors (Lipinski definition) is 3. The summed E-state index contributed by atoms with van der Waals surface area (Å²) in [6, 6.07) is 1.56. The molecule has 2 N–H and O–H groups in total. The molecule has 1 heterocycles. The molecule has 0 saturated heterocycles. The van der Waals surface area contributed by atoms with Crippen LogP contribution in [0.25, 0.3) is 0 Å². The van der Waals surface area contributed by atoms with E-state index in [4.69, 9.17) is 5.14 Å². The number of primary sulfonamides is 1. The number of carbonyl (C=O) groups excluding carboxylic acids is 1. The number of sulfonamides is 1. The van der Waals surface area contributed by atoms with Crippen LogP contribution in [0.1, 0.15) is 35.8 Å². The molecule has 100 valence electrons. The van der Waals surface area contributed by atoms with Crippen molar-refractivity contribution >= 4 is 15.9 Å². The van der Waals surface area contributed by atoms with Gasteiger partial charge in [0.15, 0.2) is 0 Å². The number of amides is 1. The van der Waals surface area contributed by atoms with Gasteiger partial charge < -0.3 is 9.47 Å². The normalized spacial score (nSPS) is 16.4. The second-order valence-corrected chi connectivity index (χ2v) is 6.36. The van der Waals surface area contributed by atoms with Crippen LogP contribution >= 0.6 is 0 Å². The van der Waals surface area contributed by atoms with Gasteiger partial charge in [-0.05, 0) is 25.3 Å². The van der Waals surface area contributed by atoms with E-state index in [9.17, 15) is 13.2 Å². The summed E-state index contributed by atoms with van der Waals surface area (Å²) in [5.41, 5.74) is 0.383. The molecule has 7 heteroatoms. The Balaban J connectivity index is 2.48. The number of nitrogens with two attached hydrogens (primary N) is 1. The van der Waals surface area contributed by atoms with Crippen LogP contribution in [0, 0.1) is 0 Å². The maximum Gasteiger partial charge on any atom is 0.270 e. The minimum atomic E-state index is -3.77. The van der Waals surface area contributed by atoms with Gasteiger partial charge in [0.2, 0.25) is 10.0 Å². The highest BCUT2D eigenvalue weighted by Crippen LogP contribution is 2.34. The fourth-order valence-corrected chi connectivity index (χ4v) is 2.51. The van der Waals surface area contributed by atoms with Crippen molar-refractivity contribution in [3.63, 3.8) is 0 Å². The maximum atomic E-state index is 12.0. The molecule has 0 spiro atoms. The minimum absolute atomic E-state index is 0.000370. The topological polar surface area (TPSA) is 85.4 Å². The lowest BCUT2D eigenvalue weighted by Gasteiger charge is -2.29. The Hall–Kier alpha value is -1.34. The molecule has 6 nitrogen and oxygen atoms in total. The number of hydrogen-bond donors (Lipinski definition) is 1. The lowest BCUT2D eigenvalue weighted by Crippen LogP contribution is -2.27. The Labute approximate surface area is 106 Å². The van der Waals surface area contributed by atoms with E-state index in [0.717, 1.165) is 19.3 Å². The Morgan fingerprint density at radius 1 is 1.44 bits per heavy atom. The Bertz CT molecular complexity index is 570. The van der Waals surface area contributed by atoms with Gasteiger partial charge in [0, 0.05) is 26.3 Å². The Morgan fingerprint density at radius 2 is 2.06 bits per heavy atom. The lowest BCUT2D eigenvalue weighted by molar-refractivity contribution is 0.0811. The van der Waals surface area contributed by atoms with Crippen molar-refractivity contribution in [1.82, 2.24) is 9.47 Å². The van der Waals surface area contributed by atoms with E-state index in [2.05, 4.69) is 0 Å². The van der Waals surface area contributed by atoms with E-state index in [1.807, 2.05) is 0 Å². The van der Waals surface area contributed by atoms with Gasteiger partial charge in [0.1, 0.15) is 10.6 Å². The molecule has 1 aromatic heterocycles. The van der Waals surface area contributed by atoms with Crippen molar-refractivity contribution in [3.8, 4) is 0 Å². The standard InChI is InChI=1S/C11H17N3O3S/c1-13(2)11(15)10-6-9(18(12,16)17)7-14(10)8-4-3-5-8/h6-8H,3-5H2,1-2H3,(H2,12,16,17). The molecule has 1 aliphatic carbocycles. The highest BCUT2D eigenvalue weighted by Gasteiger charge is 2.27. The molecular formula is C11H17N3O3S. The van der Waals surface area contributed by atoms with E-state index in [-0.39, 0.29) is 16.8 Å². The van der Waals surface area contributed by atoms with Crippen molar-refractivity contribution in [2.75, 3.05) is 14.1 Å². The number of rotatable bonds is 3. The van der Waals surface area contributed by atoms with Gasteiger partial charge in [0.25, 0.3) is 5.91 Å². The third-order valence-corrected chi connectivity index (χ3v) is 4.13. The quantitative estimate of drug-likeness (QED) is 0.871. The van der Waals surface area contributed by atoms with Crippen molar-refractivity contribution in [1.29, 1.82) is 0 Å². The van der Waals surface area contributed by atoms with E-state index < -0.39 is 10.0 Å². The fraction of sp³-hybridized carbons (Fsp3) is 0.545. The number of nitrogens with zero attached hydrogens (tertiary/aromatic N) is 2. The molecule has 1 aromatic rings. The van der Waals surface area contributed by atoms with E-state index in [1.54, 1.807) is 18.7 Å². The Kier molecular flexibility index (Phi) is 3.20. The minimum Gasteiger partial charge on any atom is -0.343 e. The summed E-state index contributed by atoms with van der Waals surface area (Å²) in [5, 5.41) is 5.11. The summed E-state index contributed by atoms with van der Waals surface area (Å²) in [6.07, 6.45) is 4.50. The van der Waals surface area contributed by atoms with Gasteiger partial charge in [-0.3, -0.25) is 4.79 Å². The number of aromatic nitrogens is 1. The molecule has 0 bridgehead atoms. The van der Waals surface area contributed by atoms with Crippen LogP contribution in [0.4, 0.5) is 0 Å². The summed E-state index contributed by atoms with van der Waals surface area (Å²) < 4.78 is 24.5. The molecule has 0 aliphatic heterocycles. The lowest BCUT2D eigenvalue weighted by atomic mass is 9.93. The summed E-state index contributed by atoms with van der Waals surface area (Å²) in [7, 11) is -0.501. The average Bonchev–Trinajstić information content (AvgIpc) is 2.57. The van der Waals surface area contributed by atoms with Crippen molar-refractivity contribution < 1.29 is 13.2 Å². The van der Waals surface area contributed by atoms with Gasteiger partial charge >= 0.3 is 0 Å². The van der Waals surface area contributed by atoms with Crippen LogP contribution in [0.2, 0.25) is 0 Å². The van der Waals surface area contributed by atoms with E-state index >= 15 is 0 Å². The largest absolute Gasteiger partial charge is 0.343 e. The van der Waals surface area contributed by atoms with Crippen LogP contribution in [-0.4, -0.2) is 37.9 Å². The van der Waals surface area contributed by atoms with Crippen molar-refractivity contribution in [2.45, 2.75) is 30.2 Å². The molecule has 0 atom stereocenters. The zero-order valence-corrected chi connectivity index (χ0v) is 11.3. The van der Waals surface area contributed by atoms with Crippen LogP contribution in [0.5, 0.6) is 0 Å². The SMILES string of the molecule is CN(C)C(=O)c1cc(S(N)(=O)=O)cn1C1CCC1. The van der Waals surface area contributed by atoms with Crippen molar-refractivity contribution in [2.24, 2.45) is 5.14 Å². The fourth-order valence-electron chi connectivity index (χ4n) is 1.98. The first-order valence-electron chi connectivity index (χ1n) is 5.77. The van der Waals surface area contributed by atoms with Crippen LogP contribution in [-0.2, 0) is 10.0 Å². The monoisotopic (exact) mass is 271 g/mol. The molecule has 0 radical (unpaired) electrons. The van der Waals surface area contributed by atoms with Gasteiger partial charge in [-0.2, -0.15) is 0 Å². The predicted octanol–water partition coefficient (Wildman–Crippen LogP) is 0.562. The molecular weight excluding hydrogens is 254 g/mol. The molecule has 0 aromatic carbocycles.